The van der Waals surface area contributed by atoms with Crippen LogP contribution in [0.3, 0.4) is 0 Å². The summed E-state index contributed by atoms with van der Waals surface area (Å²) in [6.45, 7) is 6.33. The van der Waals surface area contributed by atoms with Crippen LogP contribution in [0.1, 0.15) is 57.4 Å². The fourth-order valence-electron chi connectivity index (χ4n) is 3.50. The van der Waals surface area contributed by atoms with Crippen molar-refractivity contribution in [2.75, 3.05) is 26.6 Å². The van der Waals surface area contributed by atoms with E-state index in [-0.39, 0.29) is 22.4 Å². The maximum atomic E-state index is 12.6. The van der Waals surface area contributed by atoms with Gasteiger partial charge in [-0.15, -0.1) is 0 Å². The van der Waals surface area contributed by atoms with Crippen LogP contribution in [0, 0.1) is 0 Å². The number of rotatable bonds is 7. The molecule has 0 aromatic heterocycles. The van der Waals surface area contributed by atoms with Crippen LogP contribution in [0.25, 0.3) is 0 Å². The predicted molar refractivity (Wildman–Crippen MR) is 141 cm³/mol. The quantitative estimate of drug-likeness (QED) is 0.412. The van der Waals surface area contributed by atoms with Gasteiger partial charge in [-0.25, -0.2) is 0 Å². The highest BCUT2D eigenvalue weighted by atomic mass is 16.5. The van der Waals surface area contributed by atoms with E-state index < -0.39 is 11.8 Å². The Morgan fingerprint density at radius 3 is 1.54 bits per heavy atom. The van der Waals surface area contributed by atoms with Crippen molar-refractivity contribution in [1.82, 2.24) is 10.9 Å². The van der Waals surface area contributed by atoms with Gasteiger partial charge < -0.3 is 19.5 Å². The van der Waals surface area contributed by atoms with Crippen LogP contribution >= 0.6 is 0 Å². The molecule has 0 fully saturated rings. The third-order valence-electron chi connectivity index (χ3n) is 5.63. The smallest absolute Gasteiger partial charge is 0.269 e. The van der Waals surface area contributed by atoms with Crippen LogP contribution < -0.4 is 30.4 Å². The van der Waals surface area contributed by atoms with Gasteiger partial charge in [0.1, 0.15) is 0 Å². The summed E-state index contributed by atoms with van der Waals surface area (Å²) in [5.74, 6) is -0.400. The van der Waals surface area contributed by atoms with Crippen molar-refractivity contribution in [3.05, 3.63) is 82.9 Å². The summed E-state index contributed by atoms with van der Waals surface area (Å²) in [5.41, 5.74) is 7.41. The summed E-state index contributed by atoms with van der Waals surface area (Å²) in [6.07, 6.45) is 0. The fourth-order valence-corrected chi connectivity index (χ4v) is 3.50. The number of carbonyl (C=O) groups is 3. The first kappa shape index (κ1) is 27.1. The third-order valence-corrected chi connectivity index (χ3v) is 5.63. The minimum Gasteiger partial charge on any atom is -0.493 e. The molecule has 9 nitrogen and oxygen atoms in total. The van der Waals surface area contributed by atoms with E-state index >= 15 is 0 Å². The summed E-state index contributed by atoms with van der Waals surface area (Å²) in [5, 5.41) is 2.81. The van der Waals surface area contributed by atoms with Gasteiger partial charge in [0.2, 0.25) is 5.75 Å². The summed E-state index contributed by atoms with van der Waals surface area (Å²) in [4.78, 5) is 37.7. The van der Waals surface area contributed by atoms with Crippen molar-refractivity contribution in [2.45, 2.75) is 26.2 Å². The van der Waals surface area contributed by atoms with E-state index in [2.05, 4.69) is 36.9 Å². The predicted octanol–water partition coefficient (Wildman–Crippen LogP) is 4.34. The van der Waals surface area contributed by atoms with Gasteiger partial charge in [0.15, 0.2) is 11.5 Å². The van der Waals surface area contributed by atoms with Gasteiger partial charge in [-0.2, -0.15) is 0 Å². The lowest BCUT2D eigenvalue weighted by Gasteiger charge is -2.19. The van der Waals surface area contributed by atoms with Gasteiger partial charge in [-0.3, -0.25) is 25.2 Å². The Bertz CT molecular complexity index is 1250. The van der Waals surface area contributed by atoms with E-state index in [0.29, 0.717) is 28.5 Å². The van der Waals surface area contributed by atoms with Gasteiger partial charge >= 0.3 is 0 Å². The molecule has 0 spiro atoms. The van der Waals surface area contributed by atoms with E-state index in [9.17, 15) is 14.4 Å². The van der Waals surface area contributed by atoms with Gasteiger partial charge in [-0.1, -0.05) is 32.9 Å². The van der Waals surface area contributed by atoms with Gasteiger partial charge in [0.25, 0.3) is 17.7 Å². The highest BCUT2D eigenvalue weighted by molar-refractivity contribution is 6.05. The molecule has 0 aliphatic carbocycles. The van der Waals surface area contributed by atoms with E-state index in [1.807, 2.05) is 12.1 Å². The number of carbonyl (C=O) groups excluding carboxylic acids is 3. The zero-order valence-electron chi connectivity index (χ0n) is 21.7. The summed E-state index contributed by atoms with van der Waals surface area (Å²) < 4.78 is 15.7. The van der Waals surface area contributed by atoms with Crippen LogP contribution in [0.5, 0.6) is 17.2 Å². The van der Waals surface area contributed by atoms with Crippen molar-refractivity contribution >= 4 is 23.4 Å². The first-order chi connectivity index (χ1) is 17.6. The minimum absolute atomic E-state index is 0.000743. The van der Waals surface area contributed by atoms with E-state index in [0.717, 1.165) is 5.56 Å². The maximum Gasteiger partial charge on any atom is 0.269 e. The second kappa shape index (κ2) is 11.5. The molecule has 0 saturated heterocycles. The molecule has 0 bridgehead atoms. The number of hydrazine groups is 1. The third kappa shape index (κ3) is 6.58. The van der Waals surface area contributed by atoms with Gasteiger partial charge in [0, 0.05) is 22.4 Å². The number of ether oxygens (including phenoxy) is 3. The summed E-state index contributed by atoms with van der Waals surface area (Å²) in [6, 6.07) is 16.7. The number of benzene rings is 3. The normalized spacial score (nSPS) is 10.8. The monoisotopic (exact) mass is 505 g/mol. The van der Waals surface area contributed by atoms with Crippen molar-refractivity contribution in [3.63, 3.8) is 0 Å². The van der Waals surface area contributed by atoms with Crippen LogP contribution in [-0.4, -0.2) is 39.1 Å². The van der Waals surface area contributed by atoms with Crippen LogP contribution in [-0.2, 0) is 5.41 Å². The molecule has 0 unspecified atom stereocenters. The highest BCUT2D eigenvalue weighted by Crippen LogP contribution is 2.38. The van der Waals surface area contributed by atoms with Crippen molar-refractivity contribution in [3.8, 4) is 17.2 Å². The molecule has 194 valence electrons. The van der Waals surface area contributed by atoms with Crippen molar-refractivity contribution in [2.24, 2.45) is 0 Å². The molecule has 0 aliphatic rings. The average molecular weight is 506 g/mol. The van der Waals surface area contributed by atoms with Crippen molar-refractivity contribution < 1.29 is 28.6 Å². The molecule has 3 amide bonds. The molecule has 0 radical (unpaired) electrons. The zero-order valence-corrected chi connectivity index (χ0v) is 21.7. The molecular formula is C28H31N3O6. The average Bonchev–Trinajstić information content (AvgIpc) is 2.90. The molecule has 3 rings (SSSR count). The first-order valence-electron chi connectivity index (χ1n) is 11.5. The highest BCUT2D eigenvalue weighted by Gasteiger charge is 2.18. The second-order valence-electron chi connectivity index (χ2n) is 9.18. The van der Waals surface area contributed by atoms with Crippen LogP contribution in [0.2, 0.25) is 0 Å². The van der Waals surface area contributed by atoms with Gasteiger partial charge in [-0.05, 0) is 59.5 Å². The number of hydrogen-bond donors (Lipinski definition) is 3. The Balaban J connectivity index is 1.60. The molecule has 0 heterocycles. The van der Waals surface area contributed by atoms with Crippen molar-refractivity contribution in [1.29, 1.82) is 0 Å². The number of hydrogen-bond acceptors (Lipinski definition) is 6. The SMILES string of the molecule is COc1cc(C(=O)NNC(=O)c2ccc(NC(=O)c3ccc(C(C)(C)C)cc3)cc2)cc(OC)c1OC. The molecular weight excluding hydrogens is 474 g/mol. The van der Waals surface area contributed by atoms with Gasteiger partial charge in [0.05, 0.1) is 21.3 Å². The van der Waals surface area contributed by atoms with Crippen LogP contribution in [0.15, 0.2) is 60.7 Å². The summed E-state index contributed by atoms with van der Waals surface area (Å²) in [7, 11) is 4.34. The number of nitrogens with one attached hydrogen (secondary N) is 3. The molecule has 0 aliphatic heterocycles. The molecule has 0 saturated carbocycles. The molecule has 3 aromatic carbocycles. The Labute approximate surface area is 216 Å². The number of anilines is 1. The zero-order chi connectivity index (χ0) is 27.2. The Hall–Kier alpha value is -4.53. The topological polar surface area (TPSA) is 115 Å². The first-order valence-corrected chi connectivity index (χ1v) is 11.5. The molecule has 9 heteroatoms. The largest absolute Gasteiger partial charge is 0.493 e. The minimum atomic E-state index is -0.575. The Morgan fingerprint density at radius 1 is 0.622 bits per heavy atom. The lowest BCUT2D eigenvalue weighted by Crippen LogP contribution is -2.41. The molecule has 3 aromatic rings. The van der Waals surface area contributed by atoms with Crippen LogP contribution in [0.4, 0.5) is 5.69 Å². The number of methoxy groups -OCH3 is 3. The Kier molecular flexibility index (Phi) is 8.39. The summed E-state index contributed by atoms with van der Waals surface area (Å²) >= 11 is 0. The molecule has 0 atom stereocenters. The lowest BCUT2D eigenvalue weighted by molar-refractivity contribution is 0.0846. The van der Waals surface area contributed by atoms with E-state index in [4.69, 9.17) is 14.2 Å². The molecule has 3 N–H and O–H groups in total. The van der Waals surface area contributed by atoms with E-state index in [1.165, 1.54) is 33.5 Å². The van der Waals surface area contributed by atoms with E-state index in [1.54, 1.807) is 36.4 Å². The maximum absolute atomic E-state index is 12.6. The fraction of sp³-hybridized carbons (Fsp3) is 0.250. The lowest BCUT2D eigenvalue weighted by atomic mass is 9.87. The number of amides is 3. The second-order valence-corrected chi connectivity index (χ2v) is 9.18. The Morgan fingerprint density at radius 2 is 1.08 bits per heavy atom. The molecule has 37 heavy (non-hydrogen) atoms. The standard InChI is InChI=1S/C28H31N3O6/c1-28(2,3)20-11-7-17(8-12-20)25(32)29-21-13-9-18(10-14-21)26(33)30-31-27(34)19-15-22(35-4)24(37-6)23(16-19)36-5/h7-16H,1-6H3,(H,29,32)(H,30,33)(H,31,34).